The number of amides is 2. The first-order valence-electron chi connectivity index (χ1n) is 11.0. The average molecular weight is 484 g/mol. The van der Waals surface area contributed by atoms with Crippen LogP contribution in [0, 0.1) is 23.4 Å². The number of nitrogens with one attached hydrogen (secondary N) is 2. The number of hydrogen-bond acceptors (Lipinski definition) is 4. The second-order valence-electron chi connectivity index (χ2n) is 8.50. The molecule has 35 heavy (non-hydrogen) atoms. The number of anilines is 2. The second kappa shape index (κ2) is 10.0. The van der Waals surface area contributed by atoms with Crippen LogP contribution < -0.4 is 15.5 Å². The number of carboxylic acid groups (broad SMARTS) is 1. The van der Waals surface area contributed by atoms with Gasteiger partial charge in [-0.2, -0.15) is 0 Å². The van der Waals surface area contributed by atoms with Crippen molar-refractivity contribution in [2.75, 3.05) is 23.3 Å². The number of carbonyl (C=O) groups is 2. The van der Waals surface area contributed by atoms with Gasteiger partial charge in [-0.15, -0.1) is 0 Å². The maximum absolute atomic E-state index is 15.3. The van der Waals surface area contributed by atoms with Crippen LogP contribution >= 0.6 is 0 Å². The number of aromatic nitrogens is 1. The van der Waals surface area contributed by atoms with E-state index in [1.807, 2.05) is 11.8 Å². The Kier molecular flexibility index (Phi) is 6.90. The van der Waals surface area contributed by atoms with E-state index in [1.165, 1.54) is 30.6 Å². The van der Waals surface area contributed by atoms with Crippen molar-refractivity contribution in [1.82, 2.24) is 10.3 Å². The number of pyridine rings is 1. The van der Waals surface area contributed by atoms with Crippen LogP contribution in [0.2, 0.25) is 0 Å². The van der Waals surface area contributed by atoms with E-state index in [-0.39, 0.29) is 23.2 Å². The van der Waals surface area contributed by atoms with Gasteiger partial charge in [-0.05, 0) is 36.6 Å². The minimum Gasteiger partial charge on any atom is -0.465 e. The molecule has 1 aliphatic rings. The average Bonchev–Trinajstić information content (AvgIpc) is 2.80. The molecular weight excluding hydrogens is 461 g/mol. The van der Waals surface area contributed by atoms with Crippen molar-refractivity contribution in [3.8, 4) is 11.1 Å². The molecule has 2 amide bonds. The smallest absolute Gasteiger partial charge is 0.404 e. The Morgan fingerprint density at radius 2 is 1.83 bits per heavy atom. The first-order valence-corrected chi connectivity index (χ1v) is 11.0. The van der Waals surface area contributed by atoms with Crippen molar-refractivity contribution in [1.29, 1.82) is 0 Å². The Balaban J connectivity index is 1.63. The Bertz CT molecular complexity index is 1270. The molecule has 10 heteroatoms. The minimum absolute atomic E-state index is 0.162. The van der Waals surface area contributed by atoms with Gasteiger partial charge in [0.05, 0.1) is 28.7 Å². The lowest BCUT2D eigenvalue weighted by molar-refractivity contribution is 0.102. The van der Waals surface area contributed by atoms with Crippen LogP contribution in [0.15, 0.2) is 54.9 Å². The van der Waals surface area contributed by atoms with Gasteiger partial charge in [0.25, 0.3) is 5.91 Å². The van der Waals surface area contributed by atoms with Gasteiger partial charge in [-0.1, -0.05) is 25.1 Å². The van der Waals surface area contributed by atoms with Gasteiger partial charge in [0, 0.05) is 30.9 Å². The molecule has 0 bridgehead atoms. The van der Waals surface area contributed by atoms with E-state index in [0.717, 1.165) is 18.2 Å². The molecule has 0 saturated carbocycles. The van der Waals surface area contributed by atoms with Crippen LogP contribution in [0.4, 0.5) is 29.3 Å². The number of hydrogen-bond donors (Lipinski definition) is 3. The zero-order chi connectivity index (χ0) is 25.1. The maximum Gasteiger partial charge on any atom is 0.404 e. The Morgan fingerprint density at radius 3 is 2.57 bits per heavy atom. The fraction of sp³-hybridized carbons (Fsp3) is 0.240. The van der Waals surface area contributed by atoms with Crippen molar-refractivity contribution >= 4 is 23.4 Å². The summed E-state index contributed by atoms with van der Waals surface area (Å²) in [6.45, 7) is 2.96. The van der Waals surface area contributed by atoms with E-state index < -0.39 is 40.6 Å². The lowest BCUT2D eigenvalue weighted by Gasteiger charge is -2.38. The molecule has 1 aliphatic heterocycles. The molecule has 3 N–H and O–H groups in total. The summed E-state index contributed by atoms with van der Waals surface area (Å²) in [6.07, 6.45) is 2.46. The molecule has 0 unspecified atom stereocenters. The molecule has 182 valence electrons. The highest BCUT2D eigenvalue weighted by molar-refractivity contribution is 6.06. The molecule has 1 saturated heterocycles. The van der Waals surface area contributed by atoms with Crippen molar-refractivity contribution < 1.29 is 27.9 Å². The molecule has 7 nitrogen and oxygen atoms in total. The molecule has 0 spiro atoms. The van der Waals surface area contributed by atoms with Crippen LogP contribution in [0.3, 0.4) is 0 Å². The summed E-state index contributed by atoms with van der Waals surface area (Å²) in [4.78, 5) is 30.1. The molecule has 1 fully saturated rings. The van der Waals surface area contributed by atoms with Crippen LogP contribution in [0.25, 0.3) is 11.1 Å². The summed E-state index contributed by atoms with van der Waals surface area (Å²) in [7, 11) is 0. The van der Waals surface area contributed by atoms with E-state index in [0.29, 0.717) is 25.2 Å². The predicted octanol–water partition coefficient (Wildman–Crippen LogP) is 4.90. The fourth-order valence-corrected chi connectivity index (χ4v) is 4.41. The molecule has 3 aromatic rings. The van der Waals surface area contributed by atoms with Crippen molar-refractivity contribution in [3.63, 3.8) is 0 Å². The first kappa shape index (κ1) is 24.1. The lowest BCUT2D eigenvalue weighted by atomic mass is 9.95. The molecule has 2 aromatic carbocycles. The number of piperidine rings is 1. The summed E-state index contributed by atoms with van der Waals surface area (Å²) < 4.78 is 44.0. The van der Waals surface area contributed by atoms with E-state index in [9.17, 15) is 18.4 Å². The third-order valence-electron chi connectivity index (χ3n) is 5.85. The van der Waals surface area contributed by atoms with E-state index >= 15 is 4.39 Å². The summed E-state index contributed by atoms with van der Waals surface area (Å²) in [5.74, 6) is -3.70. The van der Waals surface area contributed by atoms with Gasteiger partial charge in [0.2, 0.25) is 0 Å². The number of halogens is 3. The Hall–Kier alpha value is -4.08. The largest absolute Gasteiger partial charge is 0.465 e. The molecule has 2 heterocycles. The second-order valence-corrected chi connectivity index (χ2v) is 8.50. The molecular formula is C25H23F3N4O3. The minimum atomic E-state index is -1.18. The molecule has 0 aliphatic carbocycles. The monoisotopic (exact) mass is 484 g/mol. The molecule has 0 radical (unpaired) electrons. The van der Waals surface area contributed by atoms with Gasteiger partial charge < -0.3 is 20.6 Å². The van der Waals surface area contributed by atoms with Crippen molar-refractivity contribution in [3.05, 3.63) is 77.9 Å². The molecule has 2 atom stereocenters. The van der Waals surface area contributed by atoms with Crippen LogP contribution in [-0.2, 0) is 0 Å². The summed E-state index contributed by atoms with van der Waals surface area (Å²) in [5, 5.41) is 14.2. The Morgan fingerprint density at radius 1 is 1.06 bits per heavy atom. The number of rotatable bonds is 5. The van der Waals surface area contributed by atoms with E-state index in [2.05, 4.69) is 15.6 Å². The number of benzene rings is 2. The normalized spacial score (nSPS) is 17.7. The van der Waals surface area contributed by atoms with Crippen molar-refractivity contribution in [2.45, 2.75) is 19.4 Å². The van der Waals surface area contributed by atoms with Crippen molar-refractivity contribution in [2.24, 2.45) is 5.92 Å². The highest BCUT2D eigenvalue weighted by atomic mass is 19.1. The topological polar surface area (TPSA) is 94.6 Å². The third-order valence-corrected chi connectivity index (χ3v) is 5.85. The van der Waals surface area contributed by atoms with E-state index in [4.69, 9.17) is 5.11 Å². The Labute approximate surface area is 199 Å². The zero-order valence-corrected chi connectivity index (χ0v) is 18.8. The number of carbonyl (C=O) groups excluding carboxylic acids is 1. The highest BCUT2D eigenvalue weighted by Crippen LogP contribution is 2.32. The SMILES string of the molecule is C[C@@H]1C[C@H](NC(=O)O)CN(c2ccncc2NC(=O)c2ccc(F)c(-c3ccccc3F)c2F)C1. The maximum atomic E-state index is 15.3. The highest BCUT2D eigenvalue weighted by Gasteiger charge is 2.28. The predicted molar refractivity (Wildman–Crippen MR) is 125 cm³/mol. The van der Waals surface area contributed by atoms with Crippen LogP contribution in [-0.4, -0.2) is 41.2 Å². The van der Waals surface area contributed by atoms with Crippen LogP contribution in [0.1, 0.15) is 23.7 Å². The summed E-state index contributed by atoms with van der Waals surface area (Å²) in [6, 6.07) is 8.41. The van der Waals surface area contributed by atoms with Gasteiger partial charge in [-0.3, -0.25) is 9.78 Å². The zero-order valence-electron chi connectivity index (χ0n) is 18.8. The van der Waals surface area contributed by atoms with Gasteiger partial charge >= 0.3 is 6.09 Å². The first-order chi connectivity index (χ1) is 16.7. The molecule has 1 aromatic heterocycles. The standard InChI is InChI=1S/C25H23F3N4O3/c1-14-10-15(30-25(34)35)13-32(12-14)21-8-9-29-11-20(21)31-24(33)17-6-7-19(27)22(23(17)28)16-4-2-3-5-18(16)26/h2-9,11,14-15,30H,10,12-13H2,1H3,(H,31,33)(H,34,35)/t14-,15+/m1/s1. The van der Waals surface area contributed by atoms with E-state index in [1.54, 1.807) is 6.07 Å². The summed E-state index contributed by atoms with van der Waals surface area (Å²) >= 11 is 0. The lowest BCUT2D eigenvalue weighted by Crippen LogP contribution is -2.50. The van der Waals surface area contributed by atoms with Gasteiger partial charge in [0.15, 0.2) is 0 Å². The number of nitrogens with zero attached hydrogens (tertiary/aromatic N) is 2. The quantitative estimate of drug-likeness (QED) is 0.479. The van der Waals surface area contributed by atoms with Gasteiger partial charge in [0.1, 0.15) is 17.5 Å². The summed E-state index contributed by atoms with van der Waals surface area (Å²) in [5.41, 5.74) is -0.532. The fourth-order valence-electron chi connectivity index (χ4n) is 4.41. The third kappa shape index (κ3) is 5.21. The van der Waals surface area contributed by atoms with Crippen LogP contribution in [0.5, 0.6) is 0 Å². The van der Waals surface area contributed by atoms with Gasteiger partial charge in [-0.25, -0.2) is 18.0 Å². The molecule has 4 rings (SSSR count).